The molecule has 2 N–H and O–H groups in total. The lowest BCUT2D eigenvalue weighted by atomic mass is 10.1. The number of methoxy groups -OCH3 is 1. The van der Waals surface area contributed by atoms with Crippen LogP contribution in [0.5, 0.6) is 17.4 Å². The minimum atomic E-state index is -4.16. The molecule has 0 saturated carbocycles. The Hall–Kier alpha value is -4.18. The van der Waals surface area contributed by atoms with E-state index in [1.54, 1.807) is 25.3 Å². The highest BCUT2D eigenvalue weighted by Gasteiger charge is 2.24. The van der Waals surface area contributed by atoms with Crippen molar-refractivity contribution >= 4 is 15.9 Å². The number of carbonyl (C=O) groups excluding carboxylic acids is 1. The molecule has 0 bridgehead atoms. The molecule has 0 fully saturated rings. The summed E-state index contributed by atoms with van der Waals surface area (Å²) in [4.78, 5) is 17.6. The normalized spacial score (nSPS) is 11.2. The van der Waals surface area contributed by atoms with Crippen molar-refractivity contribution in [2.75, 3.05) is 7.11 Å². The second-order valence-corrected chi connectivity index (χ2v) is 9.61. The molecule has 0 aliphatic carbocycles. The first-order chi connectivity index (χ1) is 16.7. The van der Waals surface area contributed by atoms with Crippen molar-refractivity contribution in [3.8, 4) is 28.6 Å². The standard InChI is InChI=1S/C25H24N4O5S/c1-15-13-16(2)23(17(3)14-15)34-25-20(24(30)29-35(31,32)22-11-12-26-28-22)9-10-21(27-25)18-5-7-19(33-4)8-6-18/h5-14H,1-4H3,(H,26,28)(H,29,30). The van der Waals surface area contributed by atoms with Crippen LogP contribution in [0.4, 0.5) is 0 Å². The van der Waals surface area contributed by atoms with Gasteiger partial charge in [0, 0.05) is 5.56 Å². The van der Waals surface area contributed by atoms with E-state index in [1.807, 2.05) is 49.8 Å². The molecule has 0 saturated heterocycles. The van der Waals surface area contributed by atoms with Gasteiger partial charge in [0.15, 0.2) is 5.03 Å². The van der Waals surface area contributed by atoms with Gasteiger partial charge in [-0.2, -0.15) is 13.5 Å². The summed E-state index contributed by atoms with van der Waals surface area (Å²) in [7, 11) is -2.58. The predicted molar refractivity (Wildman–Crippen MR) is 130 cm³/mol. The number of rotatable bonds is 7. The molecule has 2 aromatic carbocycles. The Morgan fingerprint density at radius 1 is 0.971 bits per heavy atom. The summed E-state index contributed by atoms with van der Waals surface area (Å²) >= 11 is 0. The van der Waals surface area contributed by atoms with Gasteiger partial charge in [-0.1, -0.05) is 17.7 Å². The zero-order valence-corrected chi connectivity index (χ0v) is 20.4. The van der Waals surface area contributed by atoms with Gasteiger partial charge in [0.25, 0.3) is 15.9 Å². The summed E-state index contributed by atoms with van der Waals surface area (Å²) in [6.45, 7) is 5.77. The second kappa shape index (κ2) is 9.59. The highest BCUT2D eigenvalue weighted by molar-refractivity contribution is 7.90. The molecular formula is C25H24N4O5S. The Morgan fingerprint density at radius 2 is 1.66 bits per heavy atom. The number of ether oxygens (including phenoxy) is 2. The van der Waals surface area contributed by atoms with Crippen LogP contribution in [0.3, 0.4) is 0 Å². The van der Waals surface area contributed by atoms with Crippen LogP contribution in [-0.4, -0.2) is 36.6 Å². The van der Waals surface area contributed by atoms with Gasteiger partial charge in [0.2, 0.25) is 5.88 Å². The van der Waals surface area contributed by atoms with Gasteiger partial charge >= 0.3 is 0 Å². The van der Waals surface area contributed by atoms with E-state index in [-0.39, 0.29) is 16.5 Å². The number of sulfonamides is 1. The van der Waals surface area contributed by atoms with E-state index >= 15 is 0 Å². The Bertz CT molecular complexity index is 1460. The first-order valence-electron chi connectivity index (χ1n) is 10.7. The van der Waals surface area contributed by atoms with E-state index in [9.17, 15) is 13.2 Å². The molecule has 4 aromatic rings. The van der Waals surface area contributed by atoms with E-state index in [4.69, 9.17) is 9.47 Å². The zero-order chi connectivity index (χ0) is 25.2. The number of amides is 1. The lowest BCUT2D eigenvalue weighted by Gasteiger charge is -2.16. The van der Waals surface area contributed by atoms with Crippen molar-refractivity contribution in [3.05, 3.63) is 83.0 Å². The van der Waals surface area contributed by atoms with Gasteiger partial charge < -0.3 is 9.47 Å². The fraction of sp³-hybridized carbons (Fsp3) is 0.160. The van der Waals surface area contributed by atoms with E-state index in [2.05, 4.69) is 15.2 Å². The number of aryl methyl sites for hydroxylation is 3. The summed E-state index contributed by atoms with van der Waals surface area (Å²) in [5, 5.41) is 5.73. The van der Waals surface area contributed by atoms with Crippen molar-refractivity contribution < 1.29 is 22.7 Å². The number of hydrogen-bond acceptors (Lipinski definition) is 7. The molecule has 2 aromatic heterocycles. The number of nitrogens with zero attached hydrogens (tertiary/aromatic N) is 2. The number of nitrogens with one attached hydrogen (secondary N) is 2. The third-order valence-corrected chi connectivity index (χ3v) is 6.55. The number of benzene rings is 2. The molecule has 0 aliphatic rings. The van der Waals surface area contributed by atoms with Gasteiger partial charge in [0.1, 0.15) is 17.1 Å². The van der Waals surface area contributed by atoms with Gasteiger partial charge in [0.05, 0.1) is 19.0 Å². The first-order valence-corrected chi connectivity index (χ1v) is 12.1. The Labute approximate surface area is 203 Å². The van der Waals surface area contributed by atoms with E-state index in [0.717, 1.165) is 22.3 Å². The van der Waals surface area contributed by atoms with Crippen LogP contribution >= 0.6 is 0 Å². The molecule has 0 aliphatic heterocycles. The summed E-state index contributed by atoms with van der Waals surface area (Å²) in [6, 6.07) is 15.5. The second-order valence-electron chi connectivity index (χ2n) is 7.96. The fourth-order valence-electron chi connectivity index (χ4n) is 3.66. The fourth-order valence-corrected chi connectivity index (χ4v) is 4.54. The largest absolute Gasteiger partial charge is 0.497 e. The molecule has 10 heteroatoms. The SMILES string of the molecule is COc1ccc(-c2ccc(C(=O)NS(=O)(=O)c3ccn[nH]3)c(Oc3c(C)cc(C)cc3C)n2)cc1. The maximum atomic E-state index is 13.1. The van der Waals surface area contributed by atoms with Gasteiger partial charge in [-0.15, -0.1) is 0 Å². The molecule has 2 heterocycles. The van der Waals surface area contributed by atoms with Crippen LogP contribution in [0.2, 0.25) is 0 Å². The minimum absolute atomic E-state index is 0.0225. The maximum Gasteiger partial charge on any atom is 0.281 e. The molecule has 9 nitrogen and oxygen atoms in total. The average Bonchev–Trinajstić information content (AvgIpc) is 3.37. The average molecular weight is 493 g/mol. The Kier molecular flexibility index (Phi) is 6.57. The van der Waals surface area contributed by atoms with Crippen molar-refractivity contribution in [2.24, 2.45) is 0 Å². The summed E-state index contributed by atoms with van der Waals surface area (Å²) in [5.41, 5.74) is 4.05. The summed E-state index contributed by atoms with van der Waals surface area (Å²) in [6.07, 6.45) is 1.28. The van der Waals surface area contributed by atoms with Crippen molar-refractivity contribution in [3.63, 3.8) is 0 Å². The van der Waals surface area contributed by atoms with E-state index < -0.39 is 15.9 Å². The minimum Gasteiger partial charge on any atom is -0.497 e. The molecule has 35 heavy (non-hydrogen) atoms. The lowest BCUT2D eigenvalue weighted by Crippen LogP contribution is -2.31. The number of hydrogen-bond donors (Lipinski definition) is 2. The molecule has 0 unspecified atom stereocenters. The van der Waals surface area contributed by atoms with Crippen LogP contribution < -0.4 is 14.2 Å². The quantitative estimate of drug-likeness (QED) is 0.394. The van der Waals surface area contributed by atoms with E-state index in [0.29, 0.717) is 17.2 Å². The number of carbonyl (C=O) groups is 1. The van der Waals surface area contributed by atoms with Crippen LogP contribution in [-0.2, 0) is 10.0 Å². The lowest BCUT2D eigenvalue weighted by molar-refractivity contribution is 0.0978. The third kappa shape index (κ3) is 5.17. The summed E-state index contributed by atoms with van der Waals surface area (Å²) in [5.74, 6) is 0.327. The molecule has 0 spiro atoms. The topological polar surface area (TPSA) is 123 Å². The molecule has 1 amide bonds. The predicted octanol–water partition coefficient (Wildman–Crippen LogP) is 4.32. The zero-order valence-electron chi connectivity index (χ0n) is 19.6. The van der Waals surface area contributed by atoms with Crippen LogP contribution in [0.15, 0.2) is 65.8 Å². The molecule has 4 rings (SSSR count). The van der Waals surface area contributed by atoms with Crippen LogP contribution in [0.25, 0.3) is 11.3 Å². The van der Waals surface area contributed by atoms with Crippen molar-refractivity contribution in [1.29, 1.82) is 0 Å². The van der Waals surface area contributed by atoms with Crippen molar-refractivity contribution in [2.45, 2.75) is 25.8 Å². The van der Waals surface area contributed by atoms with Crippen molar-refractivity contribution in [1.82, 2.24) is 19.9 Å². The van der Waals surface area contributed by atoms with Crippen LogP contribution in [0, 0.1) is 20.8 Å². The monoisotopic (exact) mass is 492 g/mol. The number of H-pyrrole nitrogens is 1. The van der Waals surface area contributed by atoms with Crippen LogP contribution in [0.1, 0.15) is 27.0 Å². The molecular weight excluding hydrogens is 468 g/mol. The highest BCUT2D eigenvalue weighted by atomic mass is 32.2. The smallest absolute Gasteiger partial charge is 0.281 e. The van der Waals surface area contributed by atoms with Gasteiger partial charge in [-0.3, -0.25) is 9.89 Å². The Morgan fingerprint density at radius 3 is 2.26 bits per heavy atom. The number of aromatic amines is 1. The third-order valence-electron chi connectivity index (χ3n) is 5.29. The molecule has 0 radical (unpaired) electrons. The number of pyridine rings is 1. The van der Waals surface area contributed by atoms with Gasteiger partial charge in [-0.05, 0) is 74.4 Å². The van der Waals surface area contributed by atoms with E-state index in [1.165, 1.54) is 18.3 Å². The number of aromatic nitrogens is 3. The summed E-state index contributed by atoms with van der Waals surface area (Å²) < 4.78 is 38.5. The maximum absolute atomic E-state index is 13.1. The highest BCUT2D eigenvalue weighted by Crippen LogP contribution is 2.33. The molecule has 0 atom stereocenters. The Balaban J connectivity index is 1.77. The first kappa shape index (κ1) is 24.0. The van der Waals surface area contributed by atoms with Gasteiger partial charge in [-0.25, -0.2) is 9.71 Å². The molecule has 180 valence electrons.